The zero-order valence-corrected chi connectivity index (χ0v) is 18.5. The van der Waals surface area contributed by atoms with Gasteiger partial charge in [0.05, 0.1) is 19.3 Å². The second-order valence-electron chi connectivity index (χ2n) is 7.61. The van der Waals surface area contributed by atoms with Gasteiger partial charge in [0.2, 0.25) is 0 Å². The number of nitrogens with zero attached hydrogens (tertiary/aromatic N) is 4. The molecule has 0 atom stereocenters. The molecular weight excluding hydrogens is 414 g/mol. The van der Waals surface area contributed by atoms with Crippen molar-refractivity contribution in [3.63, 3.8) is 0 Å². The van der Waals surface area contributed by atoms with Crippen LogP contribution in [0.25, 0.3) is 0 Å². The van der Waals surface area contributed by atoms with Gasteiger partial charge in [-0.2, -0.15) is 5.10 Å². The van der Waals surface area contributed by atoms with E-state index in [0.717, 1.165) is 42.9 Å². The van der Waals surface area contributed by atoms with Crippen molar-refractivity contribution in [3.8, 4) is 5.75 Å². The molecule has 3 aromatic rings. The van der Waals surface area contributed by atoms with Crippen LogP contribution in [0.5, 0.6) is 5.75 Å². The number of carbonyl (C=O) groups is 1. The molecule has 2 amide bonds. The summed E-state index contributed by atoms with van der Waals surface area (Å²) in [5.74, 6) is 2.28. The molecule has 0 spiro atoms. The highest BCUT2D eigenvalue weighted by Gasteiger charge is 2.23. The molecule has 31 heavy (non-hydrogen) atoms. The lowest BCUT2D eigenvalue weighted by atomic mass is 10.2. The third-order valence-electron chi connectivity index (χ3n) is 5.46. The van der Waals surface area contributed by atoms with E-state index in [0.29, 0.717) is 22.3 Å². The fourth-order valence-electron chi connectivity index (χ4n) is 3.77. The number of hydrogen-bond acceptors (Lipinski definition) is 4. The number of carbonyl (C=O) groups excluding carboxylic acids is 1. The minimum Gasteiger partial charge on any atom is -0.497 e. The molecule has 7 nitrogen and oxygen atoms in total. The van der Waals surface area contributed by atoms with Gasteiger partial charge in [-0.3, -0.25) is 4.90 Å². The molecule has 0 aliphatic carbocycles. The van der Waals surface area contributed by atoms with E-state index in [1.165, 1.54) is 6.42 Å². The Bertz CT molecular complexity index is 1060. The van der Waals surface area contributed by atoms with Crippen molar-refractivity contribution in [2.75, 3.05) is 17.3 Å². The third-order valence-corrected chi connectivity index (χ3v) is 5.87. The van der Waals surface area contributed by atoms with Gasteiger partial charge in [0.1, 0.15) is 11.6 Å². The van der Waals surface area contributed by atoms with Crippen LogP contribution in [0.1, 0.15) is 36.5 Å². The van der Waals surface area contributed by atoms with Gasteiger partial charge in [-0.1, -0.05) is 30.2 Å². The van der Waals surface area contributed by atoms with Crippen LogP contribution in [0.3, 0.4) is 0 Å². The molecule has 0 unspecified atom stereocenters. The van der Waals surface area contributed by atoms with E-state index in [-0.39, 0.29) is 12.6 Å². The molecule has 0 bridgehead atoms. The minimum absolute atomic E-state index is 0.247. The molecule has 0 saturated heterocycles. The first-order valence-corrected chi connectivity index (χ1v) is 10.8. The summed E-state index contributed by atoms with van der Waals surface area (Å²) < 4.78 is 7.24. The number of nitrogens with one attached hydrogen (secondary N) is 1. The van der Waals surface area contributed by atoms with E-state index in [2.05, 4.69) is 10.4 Å². The zero-order valence-electron chi connectivity index (χ0n) is 17.8. The number of halogens is 1. The molecule has 0 saturated carbocycles. The summed E-state index contributed by atoms with van der Waals surface area (Å²) in [5, 5.41) is 8.23. The Morgan fingerprint density at radius 1 is 1.23 bits per heavy atom. The first-order chi connectivity index (χ1) is 15.0. The summed E-state index contributed by atoms with van der Waals surface area (Å²) in [6, 6.07) is 12.5. The second-order valence-corrected chi connectivity index (χ2v) is 8.02. The van der Waals surface area contributed by atoms with Crippen LogP contribution in [-0.4, -0.2) is 27.9 Å². The molecule has 162 valence electrons. The summed E-state index contributed by atoms with van der Waals surface area (Å²) in [4.78, 5) is 19.7. The number of anilines is 2. The number of methoxy groups -OCH3 is 1. The van der Waals surface area contributed by atoms with E-state index in [9.17, 15) is 4.79 Å². The summed E-state index contributed by atoms with van der Waals surface area (Å²) in [7, 11) is 1.59. The van der Waals surface area contributed by atoms with Crippen LogP contribution in [-0.2, 0) is 19.5 Å². The van der Waals surface area contributed by atoms with Gasteiger partial charge < -0.3 is 10.1 Å². The molecule has 4 rings (SSSR count). The molecule has 1 aromatic heterocycles. The average molecular weight is 440 g/mol. The number of rotatable bonds is 5. The van der Waals surface area contributed by atoms with Gasteiger partial charge >= 0.3 is 6.03 Å². The molecule has 0 radical (unpaired) electrons. The average Bonchev–Trinajstić information content (AvgIpc) is 3.02. The lowest BCUT2D eigenvalue weighted by molar-refractivity contribution is 0.256. The largest absolute Gasteiger partial charge is 0.497 e. The predicted octanol–water partition coefficient (Wildman–Crippen LogP) is 5.21. The van der Waals surface area contributed by atoms with E-state index >= 15 is 0 Å². The van der Waals surface area contributed by atoms with Crippen molar-refractivity contribution < 1.29 is 9.53 Å². The maximum Gasteiger partial charge on any atom is 0.326 e. The zero-order chi connectivity index (χ0) is 21.8. The normalized spacial score (nSPS) is 13.3. The Morgan fingerprint density at radius 3 is 2.90 bits per heavy atom. The fraction of sp³-hybridized carbons (Fsp3) is 0.348. The highest BCUT2D eigenvalue weighted by Crippen LogP contribution is 2.29. The highest BCUT2D eigenvalue weighted by atomic mass is 35.5. The molecule has 8 heteroatoms. The van der Waals surface area contributed by atoms with Gasteiger partial charge in [-0.25, -0.2) is 14.5 Å². The van der Waals surface area contributed by atoms with Crippen LogP contribution in [0, 0.1) is 6.92 Å². The second kappa shape index (κ2) is 9.39. The Kier molecular flexibility index (Phi) is 6.42. The van der Waals surface area contributed by atoms with Gasteiger partial charge in [0.25, 0.3) is 0 Å². The summed E-state index contributed by atoms with van der Waals surface area (Å²) in [6.45, 7) is 3.02. The van der Waals surface area contributed by atoms with Crippen molar-refractivity contribution in [3.05, 3.63) is 64.7 Å². The quantitative estimate of drug-likeness (QED) is 0.592. The maximum atomic E-state index is 13.3. The van der Waals surface area contributed by atoms with Crippen molar-refractivity contribution >= 4 is 29.0 Å². The predicted molar refractivity (Wildman–Crippen MR) is 122 cm³/mol. The van der Waals surface area contributed by atoms with Gasteiger partial charge in [-0.05, 0) is 49.6 Å². The standard InChI is InChI=1S/C23H26ClN5O2/c1-16-19(24)10-7-11-20(16)28(23(30)25-17-8-6-9-18(14-17)31-2)15-21-26-22-12-4-3-5-13-29(22)27-21/h6-11,14H,3-5,12-13,15H2,1-2H3,(H,25,30). The van der Waals surface area contributed by atoms with Crippen LogP contribution in [0.15, 0.2) is 42.5 Å². The number of benzene rings is 2. The van der Waals surface area contributed by atoms with Crippen LogP contribution >= 0.6 is 11.6 Å². The monoisotopic (exact) mass is 439 g/mol. The Labute approximate surface area is 187 Å². The number of amides is 2. The Morgan fingerprint density at radius 2 is 2.06 bits per heavy atom. The maximum absolute atomic E-state index is 13.3. The van der Waals surface area contributed by atoms with E-state index in [4.69, 9.17) is 21.3 Å². The Balaban J connectivity index is 1.64. The fourth-order valence-corrected chi connectivity index (χ4v) is 3.94. The van der Waals surface area contributed by atoms with E-state index < -0.39 is 0 Å². The van der Waals surface area contributed by atoms with Crippen molar-refractivity contribution in [1.29, 1.82) is 0 Å². The van der Waals surface area contributed by atoms with Crippen LogP contribution in [0.4, 0.5) is 16.2 Å². The molecule has 2 heterocycles. The molecular formula is C23H26ClN5O2. The Hall–Kier alpha value is -3.06. The van der Waals surface area contributed by atoms with E-state index in [1.54, 1.807) is 18.1 Å². The van der Waals surface area contributed by atoms with Crippen molar-refractivity contribution in [2.45, 2.75) is 45.7 Å². The van der Waals surface area contributed by atoms with Crippen molar-refractivity contribution in [2.24, 2.45) is 0 Å². The van der Waals surface area contributed by atoms with Crippen LogP contribution < -0.4 is 15.0 Å². The first-order valence-electron chi connectivity index (χ1n) is 10.5. The molecule has 0 fully saturated rings. The van der Waals surface area contributed by atoms with Crippen LogP contribution in [0.2, 0.25) is 5.02 Å². The molecule has 2 aromatic carbocycles. The summed E-state index contributed by atoms with van der Waals surface area (Å²) in [6.07, 6.45) is 4.32. The molecule has 1 aliphatic heterocycles. The summed E-state index contributed by atoms with van der Waals surface area (Å²) in [5.41, 5.74) is 2.19. The number of aromatic nitrogens is 3. The minimum atomic E-state index is -0.288. The van der Waals surface area contributed by atoms with Gasteiger partial charge in [-0.15, -0.1) is 0 Å². The number of urea groups is 1. The summed E-state index contributed by atoms with van der Waals surface area (Å²) >= 11 is 6.36. The van der Waals surface area contributed by atoms with Gasteiger partial charge in [0.15, 0.2) is 5.82 Å². The highest BCUT2D eigenvalue weighted by molar-refractivity contribution is 6.31. The van der Waals surface area contributed by atoms with E-state index in [1.807, 2.05) is 48.0 Å². The molecule has 1 N–H and O–H groups in total. The number of aryl methyl sites for hydroxylation is 2. The van der Waals surface area contributed by atoms with Gasteiger partial charge in [0, 0.05) is 29.7 Å². The lowest BCUT2D eigenvalue weighted by Crippen LogP contribution is -2.35. The third kappa shape index (κ3) is 4.82. The molecule has 1 aliphatic rings. The number of hydrogen-bond donors (Lipinski definition) is 1. The van der Waals surface area contributed by atoms with Crippen molar-refractivity contribution in [1.82, 2.24) is 14.8 Å². The lowest BCUT2D eigenvalue weighted by Gasteiger charge is -2.24. The first kappa shape index (κ1) is 21.2. The topological polar surface area (TPSA) is 72.3 Å². The SMILES string of the molecule is COc1cccc(NC(=O)N(Cc2nc3n(n2)CCCCC3)c2cccc(Cl)c2C)c1. The smallest absolute Gasteiger partial charge is 0.326 e. The number of fused-ring (bicyclic) bond motifs is 1. The number of ether oxygens (including phenoxy) is 1.